The number of hydrogen-bond acceptors (Lipinski definition) is 3. The van der Waals surface area contributed by atoms with E-state index in [1.807, 2.05) is 0 Å². The van der Waals surface area contributed by atoms with Gasteiger partial charge in [0, 0.05) is 32.2 Å². The number of nitrogens with two attached hydrogens (primary N) is 1. The lowest BCUT2D eigenvalue weighted by atomic mass is 9.96. The Morgan fingerprint density at radius 2 is 1.58 bits per heavy atom. The maximum atomic E-state index is 12.5. The molecule has 0 aromatic carbocycles. The summed E-state index contributed by atoms with van der Waals surface area (Å²) in [6.45, 7) is 1.14. The molecule has 114 valence electrons. The van der Waals surface area contributed by atoms with Gasteiger partial charge in [0.1, 0.15) is 0 Å². The van der Waals surface area contributed by atoms with E-state index in [9.17, 15) is 8.42 Å². The van der Waals surface area contributed by atoms with Crippen LogP contribution in [0.1, 0.15) is 44.9 Å². The second-order valence-electron chi connectivity index (χ2n) is 5.55. The summed E-state index contributed by atoms with van der Waals surface area (Å²) in [6, 6.07) is 0.357. The third kappa shape index (κ3) is 4.04. The van der Waals surface area contributed by atoms with Crippen molar-refractivity contribution in [2.24, 2.45) is 5.73 Å². The highest BCUT2D eigenvalue weighted by Gasteiger charge is 2.34. The predicted molar refractivity (Wildman–Crippen MR) is 79.6 cm³/mol. The molecule has 19 heavy (non-hydrogen) atoms. The Hall–Kier alpha value is 0.120. The fourth-order valence-electron chi connectivity index (χ4n) is 2.92. The molecule has 5 nitrogen and oxygen atoms in total. The lowest BCUT2D eigenvalue weighted by Crippen LogP contribution is -2.51. The van der Waals surface area contributed by atoms with E-state index in [-0.39, 0.29) is 24.5 Å². The van der Waals surface area contributed by atoms with Crippen LogP contribution in [-0.2, 0) is 10.2 Å². The third-order valence-electron chi connectivity index (χ3n) is 4.28. The second kappa shape index (κ2) is 7.22. The van der Waals surface area contributed by atoms with Crippen LogP contribution >= 0.6 is 12.4 Å². The topological polar surface area (TPSA) is 66.6 Å². The zero-order valence-electron chi connectivity index (χ0n) is 11.6. The first-order chi connectivity index (χ1) is 8.51. The molecule has 0 unspecified atom stereocenters. The van der Waals surface area contributed by atoms with Crippen molar-refractivity contribution in [3.63, 3.8) is 0 Å². The molecule has 1 aliphatic carbocycles. The molecule has 0 radical (unpaired) electrons. The molecule has 0 aromatic heterocycles. The summed E-state index contributed by atoms with van der Waals surface area (Å²) in [6.07, 6.45) is 7.09. The van der Waals surface area contributed by atoms with E-state index in [0.29, 0.717) is 13.1 Å². The Bertz CT molecular complexity index is 363. The summed E-state index contributed by atoms with van der Waals surface area (Å²) in [4.78, 5) is 0. The molecule has 1 saturated carbocycles. The first-order valence-corrected chi connectivity index (χ1v) is 8.40. The van der Waals surface area contributed by atoms with Crippen molar-refractivity contribution in [2.45, 2.75) is 57.0 Å². The zero-order valence-corrected chi connectivity index (χ0v) is 13.3. The van der Waals surface area contributed by atoms with E-state index in [4.69, 9.17) is 5.73 Å². The van der Waals surface area contributed by atoms with Gasteiger partial charge >= 0.3 is 0 Å². The number of nitrogens with zero attached hydrogens (tertiary/aromatic N) is 2. The molecule has 2 aliphatic rings. The lowest BCUT2D eigenvalue weighted by molar-refractivity contribution is 0.246. The minimum absolute atomic E-state index is 0. The molecule has 2 rings (SSSR count). The molecule has 0 aromatic rings. The normalized spacial score (nSPS) is 24.4. The Balaban J connectivity index is 0.00000180. The quantitative estimate of drug-likeness (QED) is 0.855. The summed E-state index contributed by atoms with van der Waals surface area (Å²) >= 11 is 0. The fourth-order valence-corrected chi connectivity index (χ4v) is 4.55. The number of rotatable bonds is 3. The molecule has 0 bridgehead atoms. The van der Waals surface area contributed by atoms with Crippen LogP contribution in [0.3, 0.4) is 0 Å². The Morgan fingerprint density at radius 3 is 2.11 bits per heavy atom. The molecule has 2 N–H and O–H groups in total. The van der Waals surface area contributed by atoms with E-state index < -0.39 is 10.2 Å². The van der Waals surface area contributed by atoms with E-state index in [2.05, 4.69) is 0 Å². The minimum atomic E-state index is -3.27. The lowest BCUT2D eigenvalue weighted by Gasteiger charge is -2.36. The van der Waals surface area contributed by atoms with E-state index in [1.165, 1.54) is 6.42 Å². The molecule has 0 spiro atoms. The van der Waals surface area contributed by atoms with Gasteiger partial charge in [0.2, 0.25) is 0 Å². The molecule has 1 heterocycles. The zero-order chi connectivity index (χ0) is 13.2. The highest BCUT2D eigenvalue weighted by atomic mass is 35.5. The molecule has 0 atom stereocenters. The molecular formula is C12H26ClN3O2S. The van der Waals surface area contributed by atoms with Gasteiger partial charge in [0.25, 0.3) is 10.2 Å². The van der Waals surface area contributed by atoms with Crippen molar-refractivity contribution in [1.82, 2.24) is 8.61 Å². The van der Waals surface area contributed by atoms with Crippen LogP contribution in [0.2, 0.25) is 0 Å². The molecule has 1 saturated heterocycles. The highest BCUT2D eigenvalue weighted by Crippen LogP contribution is 2.25. The minimum Gasteiger partial charge on any atom is -0.328 e. The Morgan fingerprint density at radius 1 is 1.05 bits per heavy atom. The van der Waals surface area contributed by atoms with Gasteiger partial charge in [-0.05, 0) is 25.7 Å². The van der Waals surface area contributed by atoms with Crippen molar-refractivity contribution < 1.29 is 8.42 Å². The van der Waals surface area contributed by atoms with Gasteiger partial charge in [-0.3, -0.25) is 0 Å². The molecule has 0 amide bonds. The van der Waals surface area contributed by atoms with Gasteiger partial charge in [0.15, 0.2) is 0 Å². The smallest absolute Gasteiger partial charge is 0.281 e. The van der Waals surface area contributed by atoms with Crippen LogP contribution in [0.25, 0.3) is 0 Å². The monoisotopic (exact) mass is 311 g/mol. The summed E-state index contributed by atoms with van der Waals surface area (Å²) in [5.41, 5.74) is 5.82. The average Bonchev–Trinajstić information content (AvgIpc) is 2.39. The van der Waals surface area contributed by atoms with Gasteiger partial charge in [-0.1, -0.05) is 19.3 Å². The largest absolute Gasteiger partial charge is 0.328 e. The standard InChI is InChI=1S/C12H25N3O2S.ClH/c1-14(12-5-3-2-4-6-12)18(16,17)15-9-7-11(13)8-10-15;/h11-12H,2-10,13H2,1H3;1H. The van der Waals surface area contributed by atoms with Crippen LogP contribution in [0.5, 0.6) is 0 Å². The number of halogens is 1. The maximum absolute atomic E-state index is 12.5. The number of hydrogen-bond donors (Lipinski definition) is 1. The predicted octanol–water partition coefficient (Wildman–Crippen LogP) is 1.34. The van der Waals surface area contributed by atoms with E-state index in [1.54, 1.807) is 15.7 Å². The van der Waals surface area contributed by atoms with E-state index >= 15 is 0 Å². The van der Waals surface area contributed by atoms with E-state index in [0.717, 1.165) is 38.5 Å². The van der Waals surface area contributed by atoms with Crippen LogP contribution in [0.4, 0.5) is 0 Å². The van der Waals surface area contributed by atoms with Gasteiger partial charge in [-0.2, -0.15) is 17.0 Å². The van der Waals surface area contributed by atoms with Crippen molar-refractivity contribution in [2.75, 3.05) is 20.1 Å². The van der Waals surface area contributed by atoms with Crippen LogP contribution < -0.4 is 5.73 Å². The van der Waals surface area contributed by atoms with Gasteiger partial charge in [-0.25, -0.2) is 0 Å². The Kier molecular flexibility index (Phi) is 6.53. The summed E-state index contributed by atoms with van der Waals surface area (Å²) in [5, 5.41) is 0. The summed E-state index contributed by atoms with van der Waals surface area (Å²) < 4.78 is 28.2. The summed E-state index contributed by atoms with van der Waals surface area (Å²) in [5.74, 6) is 0. The third-order valence-corrected chi connectivity index (χ3v) is 6.32. The molecule has 2 fully saturated rings. The first-order valence-electron chi connectivity index (χ1n) is 7.00. The molecule has 7 heteroatoms. The van der Waals surface area contributed by atoms with Crippen LogP contribution in [-0.4, -0.2) is 49.2 Å². The fraction of sp³-hybridized carbons (Fsp3) is 1.00. The van der Waals surface area contributed by atoms with Crippen molar-refractivity contribution in [1.29, 1.82) is 0 Å². The van der Waals surface area contributed by atoms with Gasteiger partial charge < -0.3 is 5.73 Å². The molecular weight excluding hydrogens is 286 g/mol. The van der Waals surface area contributed by atoms with Gasteiger partial charge in [-0.15, -0.1) is 12.4 Å². The van der Waals surface area contributed by atoms with Crippen LogP contribution in [0, 0.1) is 0 Å². The number of piperidine rings is 1. The van der Waals surface area contributed by atoms with Crippen LogP contribution in [0.15, 0.2) is 0 Å². The second-order valence-corrected chi connectivity index (χ2v) is 7.54. The molecule has 1 aliphatic heterocycles. The highest BCUT2D eigenvalue weighted by molar-refractivity contribution is 7.86. The SMILES string of the molecule is CN(C1CCCCC1)S(=O)(=O)N1CCC(N)CC1.Cl. The average molecular weight is 312 g/mol. The summed E-state index contributed by atoms with van der Waals surface area (Å²) in [7, 11) is -1.54. The maximum Gasteiger partial charge on any atom is 0.281 e. The van der Waals surface area contributed by atoms with Gasteiger partial charge in [0.05, 0.1) is 0 Å². The first kappa shape index (κ1) is 17.2. The van der Waals surface area contributed by atoms with Crippen molar-refractivity contribution in [3.8, 4) is 0 Å². The van der Waals surface area contributed by atoms with Crippen molar-refractivity contribution in [3.05, 3.63) is 0 Å². The van der Waals surface area contributed by atoms with Crippen molar-refractivity contribution >= 4 is 22.6 Å². The Labute approximate surface area is 123 Å².